The van der Waals surface area contributed by atoms with Gasteiger partial charge < -0.3 is 14.8 Å². The van der Waals surface area contributed by atoms with Crippen molar-refractivity contribution >= 4 is 18.1 Å². The van der Waals surface area contributed by atoms with Gasteiger partial charge in [-0.05, 0) is 51.5 Å². The van der Waals surface area contributed by atoms with Crippen LogP contribution in [0.4, 0.5) is 18.0 Å². The van der Waals surface area contributed by atoms with Gasteiger partial charge in [-0.1, -0.05) is 18.2 Å². The first-order chi connectivity index (χ1) is 11.9. The molecule has 0 aliphatic rings. The summed E-state index contributed by atoms with van der Waals surface area (Å²) in [4.78, 5) is 23.1. The summed E-state index contributed by atoms with van der Waals surface area (Å²) in [6.07, 6.45) is -2.67. The first kappa shape index (κ1) is 21.5. The normalized spacial score (nSPS) is 13.3. The first-order valence-corrected chi connectivity index (χ1v) is 7.88. The molecule has 0 radical (unpaired) electrons. The molecule has 144 valence electrons. The van der Waals surface area contributed by atoms with Crippen molar-refractivity contribution in [2.75, 3.05) is 6.54 Å². The van der Waals surface area contributed by atoms with E-state index in [1.54, 1.807) is 33.8 Å². The minimum atomic E-state index is -4.38. The molecule has 0 spiro atoms. The maximum absolute atomic E-state index is 12.5. The molecule has 0 saturated carbocycles. The smallest absolute Gasteiger partial charge is 0.416 e. The maximum atomic E-state index is 12.5. The Hall–Kier alpha value is -2.51. The zero-order chi connectivity index (χ0) is 20.0. The summed E-state index contributed by atoms with van der Waals surface area (Å²) < 4.78 is 47.5. The average molecular weight is 373 g/mol. The second-order valence-corrected chi connectivity index (χ2v) is 6.53. The van der Waals surface area contributed by atoms with Crippen LogP contribution in [0.15, 0.2) is 30.3 Å². The highest BCUT2D eigenvalue weighted by molar-refractivity contribution is 5.78. The fraction of sp³-hybridized carbons (Fsp3) is 0.444. The van der Waals surface area contributed by atoms with E-state index in [-0.39, 0.29) is 6.54 Å². The van der Waals surface area contributed by atoms with Crippen molar-refractivity contribution in [1.82, 2.24) is 5.32 Å². The minimum Gasteiger partial charge on any atom is -0.457 e. The Labute approximate surface area is 150 Å². The van der Waals surface area contributed by atoms with Gasteiger partial charge in [0.15, 0.2) is 0 Å². The molecular weight excluding hydrogens is 351 g/mol. The number of alkyl carbamates (subject to hydrolysis) is 1. The predicted molar refractivity (Wildman–Crippen MR) is 90.3 cm³/mol. The second kappa shape index (κ2) is 8.73. The molecular formula is C18H22F3NO4. The van der Waals surface area contributed by atoms with E-state index >= 15 is 0 Å². The van der Waals surface area contributed by atoms with Gasteiger partial charge in [-0.15, -0.1) is 0 Å². The molecule has 0 fully saturated rings. The van der Waals surface area contributed by atoms with Crippen LogP contribution in [0.2, 0.25) is 0 Å². The number of amides is 1. The van der Waals surface area contributed by atoms with Crippen LogP contribution < -0.4 is 5.32 Å². The van der Waals surface area contributed by atoms with Crippen molar-refractivity contribution in [1.29, 1.82) is 0 Å². The van der Waals surface area contributed by atoms with E-state index in [4.69, 9.17) is 9.47 Å². The average Bonchev–Trinajstić information content (AvgIpc) is 2.49. The number of hydrogen-bond acceptors (Lipinski definition) is 4. The summed E-state index contributed by atoms with van der Waals surface area (Å²) in [7, 11) is 0. The lowest BCUT2D eigenvalue weighted by Gasteiger charge is -2.19. The van der Waals surface area contributed by atoms with Crippen LogP contribution in [0.3, 0.4) is 0 Å². The lowest BCUT2D eigenvalue weighted by molar-refractivity contribution is -0.145. The highest BCUT2D eigenvalue weighted by atomic mass is 19.4. The van der Waals surface area contributed by atoms with Gasteiger partial charge in [-0.2, -0.15) is 13.2 Å². The second-order valence-electron chi connectivity index (χ2n) is 6.53. The van der Waals surface area contributed by atoms with Gasteiger partial charge in [0.05, 0.1) is 5.56 Å². The van der Waals surface area contributed by atoms with Crippen molar-refractivity contribution in [2.24, 2.45) is 0 Å². The zero-order valence-electron chi connectivity index (χ0n) is 15.0. The molecule has 0 heterocycles. The van der Waals surface area contributed by atoms with Crippen LogP contribution in [-0.4, -0.2) is 30.3 Å². The fourth-order valence-corrected chi connectivity index (χ4v) is 1.78. The van der Waals surface area contributed by atoms with E-state index in [1.807, 2.05) is 0 Å². The van der Waals surface area contributed by atoms with Crippen molar-refractivity contribution in [3.05, 3.63) is 41.5 Å². The molecule has 1 atom stereocenters. The Balaban J connectivity index is 2.45. The van der Waals surface area contributed by atoms with Crippen molar-refractivity contribution < 1.29 is 32.2 Å². The number of carbonyl (C=O) groups excluding carboxylic acids is 2. The van der Waals surface area contributed by atoms with Crippen LogP contribution in [0, 0.1) is 0 Å². The third-order valence-electron chi connectivity index (χ3n) is 2.89. The molecule has 0 aliphatic heterocycles. The molecule has 0 saturated heterocycles. The Kier molecular flexibility index (Phi) is 7.23. The van der Waals surface area contributed by atoms with Crippen molar-refractivity contribution in [2.45, 2.75) is 45.6 Å². The van der Waals surface area contributed by atoms with Crippen molar-refractivity contribution in [3.8, 4) is 0 Å². The molecule has 0 bridgehead atoms. The summed E-state index contributed by atoms with van der Waals surface area (Å²) in [5, 5.41) is 2.27. The van der Waals surface area contributed by atoms with Crippen LogP contribution >= 0.6 is 0 Å². The number of hydrogen-bond donors (Lipinski definition) is 1. The molecule has 1 aromatic rings. The van der Waals surface area contributed by atoms with E-state index in [0.29, 0.717) is 5.56 Å². The molecule has 0 aromatic heterocycles. The standard InChI is InChI=1S/C18H22F3NO4/c1-12(25-15(23)11-22-16(24)26-17(2,3)4)5-6-13-7-9-14(10-8-13)18(19,20)21/h5-10,12H,11H2,1-4H3,(H,22,24)/t12-/m0/s1. The lowest BCUT2D eigenvalue weighted by Crippen LogP contribution is -2.36. The monoisotopic (exact) mass is 373 g/mol. The largest absolute Gasteiger partial charge is 0.457 e. The molecule has 0 unspecified atom stereocenters. The number of carbonyl (C=O) groups is 2. The van der Waals surface area contributed by atoms with Crippen LogP contribution in [0.25, 0.3) is 6.08 Å². The van der Waals surface area contributed by atoms with E-state index in [2.05, 4.69) is 5.32 Å². The third-order valence-corrected chi connectivity index (χ3v) is 2.89. The summed E-state index contributed by atoms with van der Waals surface area (Å²) in [5.74, 6) is -0.666. The number of ether oxygens (including phenoxy) is 2. The molecule has 1 rings (SSSR count). The van der Waals surface area contributed by atoms with Gasteiger partial charge in [-0.25, -0.2) is 4.79 Å². The summed E-state index contributed by atoms with van der Waals surface area (Å²) in [5.41, 5.74) is -0.874. The van der Waals surface area contributed by atoms with E-state index < -0.39 is 35.5 Å². The lowest BCUT2D eigenvalue weighted by atomic mass is 10.1. The molecule has 1 aromatic carbocycles. The Morgan fingerprint density at radius 1 is 1.15 bits per heavy atom. The number of alkyl halides is 3. The van der Waals surface area contributed by atoms with Gasteiger partial charge in [-0.3, -0.25) is 4.79 Å². The molecule has 0 aliphatic carbocycles. The molecule has 5 nitrogen and oxygen atoms in total. The summed E-state index contributed by atoms with van der Waals surface area (Å²) in [6, 6.07) is 4.58. The quantitative estimate of drug-likeness (QED) is 0.787. The Morgan fingerprint density at radius 2 is 1.73 bits per heavy atom. The Bertz CT molecular complexity index is 646. The predicted octanol–water partition coefficient (Wildman–Crippen LogP) is 4.18. The number of nitrogens with one attached hydrogen (secondary N) is 1. The highest BCUT2D eigenvalue weighted by Crippen LogP contribution is 2.29. The SMILES string of the molecule is C[C@@H](C=Cc1ccc(C(F)(F)F)cc1)OC(=O)CNC(=O)OC(C)(C)C. The van der Waals surface area contributed by atoms with Crippen molar-refractivity contribution in [3.63, 3.8) is 0 Å². The van der Waals surface area contributed by atoms with E-state index in [1.165, 1.54) is 18.2 Å². The van der Waals surface area contributed by atoms with Gasteiger partial charge in [0.25, 0.3) is 0 Å². The first-order valence-electron chi connectivity index (χ1n) is 7.88. The maximum Gasteiger partial charge on any atom is 0.416 e. The molecule has 8 heteroatoms. The topological polar surface area (TPSA) is 64.6 Å². The fourth-order valence-electron chi connectivity index (χ4n) is 1.78. The molecule has 1 N–H and O–H groups in total. The van der Waals surface area contributed by atoms with E-state index in [9.17, 15) is 22.8 Å². The third kappa shape index (κ3) is 8.55. The van der Waals surface area contributed by atoms with Gasteiger partial charge in [0.2, 0.25) is 0 Å². The number of esters is 1. The summed E-state index contributed by atoms with van der Waals surface area (Å²) >= 11 is 0. The zero-order valence-corrected chi connectivity index (χ0v) is 15.0. The molecule has 26 heavy (non-hydrogen) atoms. The number of benzene rings is 1. The minimum absolute atomic E-state index is 0.354. The van der Waals surface area contributed by atoms with Crippen LogP contribution in [0.1, 0.15) is 38.8 Å². The Morgan fingerprint density at radius 3 is 2.23 bits per heavy atom. The van der Waals surface area contributed by atoms with E-state index in [0.717, 1.165) is 12.1 Å². The van der Waals surface area contributed by atoms with Crippen LogP contribution in [0.5, 0.6) is 0 Å². The van der Waals surface area contributed by atoms with Gasteiger partial charge >= 0.3 is 18.2 Å². The molecule has 1 amide bonds. The number of rotatable bonds is 5. The highest BCUT2D eigenvalue weighted by Gasteiger charge is 2.29. The number of halogens is 3. The van der Waals surface area contributed by atoms with Crippen LogP contribution in [-0.2, 0) is 20.4 Å². The summed E-state index contributed by atoms with van der Waals surface area (Å²) in [6.45, 7) is 6.32. The van der Waals surface area contributed by atoms with Gasteiger partial charge in [0.1, 0.15) is 18.2 Å². The van der Waals surface area contributed by atoms with Gasteiger partial charge in [0, 0.05) is 0 Å².